The molecular weight excluding hydrogens is 304 g/mol. The topological polar surface area (TPSA) is 32.3 Å². The molecule has 3 nitrogen and oxygen atoms in total. The van der Waals surface area contributed by atoms with Crippen molar-refractivity contribution in [3.05, 3.63) is 34.3 Å². The lowest BCUT2D eigenvalue weighted by Crippen LogP contribution is -2.40. The minimum Gasteiger partial charge on any atom is -0.338 e. The van der Waals surface area contributed by atoms with Gasteiger partial charge in [0.2, 0.25) is 5.91 Å². The maximum atomic E-state index is 12.3. The fourth-order valence-corrected chi connectivity index (χ4v) is 3.18. The summed E-state index contributed by atoms with van der Waals surface area (Å²) in [5.41, 5.74) is 1.21. The number of benzene rings is 1. The van der Waals surface area contributed by atoms with Gasteiger partial charge in [0.15, 0.2) is 0 Å². The van der Waals surface area contributed by atoms with Crippen molar-refractivity contribution >= 4 is 21.8 Å². The minimum absolute atomic E-state index is 0.286. The van der Waals surface area contributed by atoms with Crippen LogP contribution in [0.15, 0.2) is 28.7 Å². The van der Waals surface area contributed by atoms with Crippen LogP contribution < -0.4 is 5.32 Å². The van der Waals surface area contributed by atoms with E-state index in [1.807, 2.05) is 30.1 Å². The molecule has 104 valence electrons. The Kier molecular flexibility index (Phi) is 5.40. The summed E-state index contributed by atoms with van der Waals surface area (Å²) < 4.78 is 1.09. The molecule has 1 aliphatic rings. The van der Waals surface area contributed by atoms with E-state index in [2.05, 4.69) is 27.3 Å². The van der Waals surface area contributed by atoms with Crippen molar-refractivity contribution in [2.45, 2.75) is 31.7 Å². The molecule has 1 amide bonds. The number of likely N-dealkylation sites (tertiary alicyclic amines) is 1. The third kappa shape index (κ3) is 3.80. The maximum absolute atomic E-state index is 12.3. The highest BCUT2D eigenvalue weighted by atomic mass is 79.9. The van der Waals surface area contributed by atoms with Crippen LogP contribution in [-0.2, 0) is 11.2 Å². The fraction of sp³-hybridized carbons (Fsp3) is 0.533. The van der Waals surface area contributed by atoms with E-state index in [4.69, 9.17) is 0 Å². The van der Waals surface area contributed by atoms with Crippen LogP contribution in [0.25, 0.3) is 0 Å². The second kappa shape index (κ2) is 7.06. The summed E-state index contributed by atoms with van der Waals surface area (Å²) in [4.78, 5) is 14.3. The molecule has 0 radical (unpaired) electrons. The third-order valence-corrected chi connectivity index (χ3v) is 4.48. The predicted molar refractivity (Wildman–Crippen MR) is 81.1 cm³/mol. The smallest absolute Gasteiger partial charge is 0.223 e. The number of carbonyl (C=O) groups excluding carboxylic acids is 1. The molecule has 1 aliphatic heterocycles. The Morgan fingerprint density at radius 3 is 3.00 bits per heavy atom. The minimum atomic E-state index is 0.286. The zero-order chi connectivity index (χ0) is 13.7. The number of rotatable bonds is 5. The van der Waals surface area contributed by atoms with Crippen molar-refractivity contribution < 1.29 is 4.79 Å². The summed E-state index contributed by atoms with van der Waals surface area (Å²) in [6.07, 6.45) is 3.67. The van der Waals surface area contributed by atoms with Crippen LogP contribution in [0.3, 0.4) is 0 Å². The summed E-state index contributed by atoms with van der Waals surface area (Å²) in [5, 5.41) is 3.18. The largest absolute Gasteiger partial charge is 0.338 e. The van der Waals surface area contributed by atoms with E-state index < -0.39 is 0 Å². The van der Waals surface area contributed by atoms with Crippen molar-refractivity contribution in [1.82, 2.24) is 10.2 Å². The number of nitrogens with one attached hydrogen (secondary N) is 1. The van der Waals surface area contributed by atoms with Crippen LogP contribution >= 0.6 is 15.9 Å². The normalized spacial score (nSPS) is 18.8. The molecule has 0 aliphatic carbocycles. The molecule has 0 spiro atoms. The second-order valence-electron chi connectivity index (χ2n) is 5.03. The molecule has 0 aromatic heterocycles. The quantitative estimate of drug-likeness (QED) is 0.902. The zero-order valence-electron chi connectivity index (χ0n) is 11.4. The van der Waals surface area contributed by atoms with Crippen LogP contribution in [0.5, 0.6) is 0 Å². The van der Waals surface area contributed by atoms with Gasteiger partial charge in [0.05, 0.1) is 0 Å². The molecule has 2 rings (SSSR count). The molecule has 1 unspecified atom stereocenters. The van der Waals surface area contributed by atoms with Crippen molar-refractivity contribution in [1.29, 1.82) is 0 Å². The van der Waals surface area contributed by atoms with Crippen LogP contribution in [0.2, 0.25) is 0 Å². The van der Waals surface area contributed by atoms with Gasteiger partial charge in [-0.05, 0) is 37.9 Å². The number of halogens is 1. The third-order valence-electron chi connectivity index (χ3n) is 3.70. The van der Waals surface area contributed by atoms with Gasteiger partial charge >= 0.3 is 0 Å². The molecule has 19 heavy (non-hydrogen) atoms. The summed E-state index contributed by atoms with van der Waals surface area (Å²) in [5.74, 6) is 0.286. The molecule has 1 fully saturated rings. The monoisotopic (exact) mass is 324 g/mol. The molecule has 1 aromatic rings. The molecule has 0 saturated carbocycles. The predicted octanol–water partition coefficient (Wildman–Crippen LogP) is 2.59. The lowest BCUT2D eigenvalue weighted by molar-refractivity contribution is -0.131. The number of carbonyl (C=O) groups is 1. The molecule has 0 bridgehead atoms. The fourth-order valence-electron chi connectivity index (χ4n) is 2.70. The molecule has 1 heterocycles. The van der Waals surface area contributed by atoms with E-state index >= 15 is 0 Å². The molecule has 1 saturated heterocycles. The Bertz CT molecular complexity index is 436. The number of hydrogen-bond acceptors (Lipinski definition) is 2. The van der Waals surface area contributed by atoms with E-state index in [0.29, 0.717) is 12.5 Å². The Morgan fingerprint density at radius 2 is 2.26 bits per heavy atom. The van der Waals surface area contributed by atoms with Gasteiger partial charge in [0.1, 0.15) is 0 Å². The van der Waals surface area contributed by atoms with Crippen molar-refractivity contribution in [3.8, 4) is 0 Å². The SMILES string of the molecule is CNCC1CCCN1C(=O)CCc1ccccc1Br. The summed E-state index contributed by atoms with van der Waals surface area (Å²) >= 11 is 3.53. The average molecular weight is 325 g/mol. The first-order chi connectivity index (χ1) is 9.22. The number of aryl methyl sites for hydroxylation is 1. The summed E-state index contributed by atoms with van der Waals surface area (Å²) in [7, 11) is 1.95. The molecule has 1 N–H and O–H groups in total. The van der Waals surface area contributed by atoms with Gasteiger partial charge in [-0.3, -0.25) is 4.79 Å². The van der Waals surface area contributed by atoms with Gasteiger partial charge in [-0.2, -0.15) is 0 Å². The highest BCUT2D eigenvalue weighted by Crippen LogP contribution is 2.21. The van der Waals surface area contributed by atoms with Gasteiger partial charge in [0, 0.05) is 30.0 Å². The van der Waals surface area contributed by atoms with E-state index in [1.165, 1.54) is 5.56 Å². The van der Waals surface area contributed by atoms with Crippen LogP contribution in [-0.4, -0.2) is 37.0 Å². The van der Waals surface area contributed by atoms with Crippen molar-refractivity contribution in [2.24, 2.45) is 0 Å². The van der Waals surface area contributed by atoms with Gasteiger partial charge in [-0.1, -0.05) is 34.1 Å². The van der Waals surface area contributed by atoms with E-state index in [9.17, 15) is 4.79 Å². The molecule has 1 atom stereocenters. The highest BCUT2D eigenvalue weighted by Gasteiger charge is 2.27. The molecule has 4 heteroatoms. The Balaban J connectivity index is 1.89. The van der Waals surface area contributed by atoms with Gasteiger partial charge < -0.3 is 10.2 Å². The van der Waals surface area contributed by atoms with Gasteiger partial charge in [-0.25, -0.2) is 0 Å². The number of hydrogen-bond donors (Lipinski definition) is 1. The van der Waals surface area contributed by atoms with Gasteiger partial charge in [-0.15, -0.1) is 0 Å². The Morgan fingerprint density at radius 1 is 1.47 bits per heavy atom. The van der Waals surface area contributed by atoms with Gasteiger partial charge in [0.25, 0.3) is 0 Å². The first-order valence-corrected chi connectivity index (χ1v) is 7.69. The second-order valence-corrected chi connectivity index (χ2v) is 5.89. The first kappa shape index (κ1) is 14.5. The molecule has 1 aromatic carbocycles. The lowest BCUT2D eigenvalue weighted by atomic mass is 10.1. The highest BCUT2D eigenvalue weighted by molar-refractivity contribution is 9.10. The average Bonchev–Trinajstić information content (AvgIpc) is 2.86. The number of amides is 1. The van der Waals surface area contributed by atoms with E-state index in [1.54, 1.807) is 0 Å². The van der Waals surface area contributed by atoms with Crippen molar-refractivity contribution in [2.75, 3.05) is 20.1 Å². The Hall–Kier alpha value is -0.870. The maximum Gasteiger partial charge on any atom is 0.223 e. The van der Waals surface area contributed by atoms with Crippen LogP contribution in [0.4, 0.5) is 0 Å². The van der Waals surface area contributed by atoms with E-state index in [-0.39, 0.29) is 5.91 Å². The van der Waals surface area contributed by atoms with E-state index in [0.717, 1.165) is 36.8 Å². The summed E-state index contributed by atoms with van der Waals surface area (Å²) in [6, 6.07) is 8.51. The van der Waals surface area contributed by atoms with Crippen LogP contribution in [0.1, 0.15) is 24.8 Å². The van der Waals surface area contributed by atoms with Crippen LogP contribution in [0, 0.1) is 0 Å². The van der Waals surface area contributed by atoms with Crippen molar-refractivity contribution in [3.63, 3.8) is 0 Å². The number of nitrogens with zero attached hydrogens (tertiary/aromatic N) is 1. The zero-order valence-corrected chi connectivity index (χ0v) is 12.9. The first-order valence-electron chi connectivity index (χ1n) is 6.90. The summed E-state index contributed by atoms with van der Waals surface area (Å²) in [6.45, 7) is 1.82. The Labute approximate surface area is 123 Å². The number of likely N-dealkylation sites (N-methyl/N-ethyl adjacent to an activating group) is 1. The molecular formula is C15H21BrN2O. The lowest BCUT2D eigenvalue weighted by Gasteiger charge is -2.24. The standard InChI is InChI=1S/C15H21BrN2O/c1-17-11-13-6-4-10-18(13)15(19)9-8-12-5-2-3-7-14(12)16/h2-3,5,7,13,17H,4,6,8-11H2,1H3.